The highest BCUT2D eigenvalue weighted by atomic mass is 16.6. The van der Waals surface area contributed by atoms with Crippen LogP contribution in [0.5, 0.6) is 0 Å². The number of rotatable bonds is 4. The van der Waals surface area contributed by atoms with Crippen LogP contribution in [-0.2, 0) is 0 Å². The summed E-state index contributed by atoms with van der Waals surface area (Å²) in [6.07, 6.45) is 0. The van der Waals surface area contributed by atoms with Gasteiger partial charge in [-0.25, -0.2) is 0 Å². The van der Waals surface area contributed by atoms with Crippen molar-refractivity contribution in [3.05, 3.63) is 55.6 Å². The van der Waals surface area contributed by atoms with Crippen molar-refractivity contribution in [2.75, 3.05) is 6.54 Å². The van der Waals surface area contributed by atoms with E-state index in [9.17, 15) is 20.2 Å². The molecule has 1 unspecified atom stereocenters. The molecular formula is C9H10N2O4. The first-order chi connectivity index (χ1) is 7.00. The van der Waals surface area contributed by atoms with E-state index in [1.54, 1.807) is 24.3 Å². The van der Waals surface area contributed by atoms with Crippen molar-refractivity contribution in [3.8, 4) is 0 Å². The van der Waals surface area contributed by atoms with Crippen LogP contribution in [0.1, 0.15) is 17.2 Å². The van der Waals surface area contributed by atoms with Gasteiger partial charge in [0.1, 0.15) is 0 Å². The van der Waals surface area contributed by atoms with Crippen LogP contribution in [0.3, 0.4) is 0 Å². The third kappa shape index (κ3) is 3.01. The van der Waals surface area contributed by atoms with Crippen molar-refractivity contribution in [2.45, 2.75) is 13.0 Å². The Labute approximate surface area is 85.8 Å². The molecule has 0 aromatic heterocycles. The molecule has 0 N–H and O–H groups in total. The summed E-state index contributed by atoms with van der Waals surface area (Å²) in [5.41, 5.74) is 1.32. The van der Waals surface area contributed by atoms with E-state index in [1.807, 2.05) is 6.92 Å². The SMILES string of the molecule is Cc1ccc(C(C[N+](=O)[O-])[N+](=O)[O-])cc1. The Morgan fingerprint density at radius 1 is 1.20 bits per heavy atom. The zero-order chi connectivity index (χ0) is 11.4. The Bertz CT molecular complexity index is 374. The van der Waals surface area contributed by atoms with Gasteiger partial charge in [-0.05, 0) is 6.92 Å². The molecule has 0 heterocycles. The van der Waals surface area contributed by atoms with Gasteiger partial charge in [-0.2, -0.15) is 0 Å². The normalized spacial score (nSPS) is 12.1. The van der Waals surface area contributed by atoms with Gasteiger partial charge in [0.25, 0.3) is 6.54 Å². The zero-order valence-electron chi connectivity index (χ0n) is 8.12. The predicted octanol–water partition coefficient (Wildman–Crippen LogP) is 1.59. The Hall–Kier alpha value is -1.98. The summed E-state index contributed by atoms with van der Waals surface area (Å²) in [4.78, 5) is 19.6. The van der Waals surface area contributed by atoms with Gasteiger partial charge in [0.2, 0.25) is 0 Å². The number of nitrogens with zero attached hydrogens (tertiary/aromatic N) is 2. The first-order valence-corrected chi connectivity index (χ1v) is 4.32. The molecule has 1 aromatic rings. The molecule has 80 valence electrons. The molecule has 0 aliphatic rings. The molecule has 1 atom stereocenters. The molecule has 0 saturated heterocycles. The molecule has 0 radical (unpaired) electrons. The van der Waals surface area contributed by atoms with Gasteiger partial charge < -0.3 is 0 Å². The van der Waals surface area contributed by atoms with Crippen molar-refractivity contribution in [2.24, 2.45) is 0 Å². The van der Waals surface area contributed by atoms with E-state index >= 15 is 0 Å². The standard InChI is InChI=1S/C9H10N2O4/c1-7-2-4-8(5-3-7)9(11(14)15)6-10(12)13/h2-5,9H,6H2,1H3. The lowest BCUT2D eigenvalue weighted by atomic mass is 10.1. The Kier molecular flexibility index (Phi) is 3.33. The van der Waals surface area contributed by atoms with Crippen molar-refractivity contribution < 1.29 is 9.85 Å². The lowest BCUT2D eigenvalue weighted by Gasteiger charge is -2.05. The molecule has 0 spiro atoms. The van der Waals surface area contributed by atoms with E-state index in [0.717, 1.165) is 5.56 Å². The summed E-state index contributed by atoms with van der Waals surface area (Å²) < 4.78 is 0. The molecule has 0 fully saturated rings. The van der Waals surface area contributed by atoms with Crippen LogP contribution < -0.4 is 0 Å². The van der Waals surface area contributed by atoms with E-state index < -0.39 is 22.4 Å². The largest absolute Gasteiger partial charge is 0.301 e. The van der Waals surface area contributed by atoms with E-state index in [-0.39, 0.29) is 0 Å². The predicted molar refractivity (Wildman–Crippen MR) is 52.8 cm³/mol. The minimum Gasteiger partial charge on any atom is -0.264 e. The molecule has 15 heavy (non-hydrogen) atoms. The second-order valence-electron chi connectivity index (χ2n) is 3.23. The van der Waals surface area contributed by atoms with Crippen molar-refractivity contribution in [3.63, 3.8) is 0 Å². The Morgan fingerprint density at radius 3 is 2.13 bits per heavy atom. The molecule has 6 heteroatoms. The van der Waals surface area contributed by atoms with Gasteiger partial charge in [0, 0.05) is 15.4 Å². The first kappa shape index (κ1) is 11.1. The van der Waals surface area contributed by atoms with E-state index in [2.05, 4.69) is 0 Å². The van der Waals surface area contributed by atoms with Gasteiger partial charge in [-0.15, -0.1) is 0 Å². The van der Waals surface area contributed by atoms with Gasteiger partial charge >= 0.3 is 6.04 Å². The van der Waals surface area contributed by atoms with Crippen molar-refractivity contribution in [1.29, 1.82) is 0 Å². The smallest absolute Gasteiger partial charge is 0.264 e. The molecule has 0 amide bonds. The van der Waals surface area contributed by atoms with Crippen LogP contribution in [0.15, 0.2) is 24.3 Å². The topological polar surface area (TPSA) is 86.3 Å². The highest BCUT2D eigenvalue weighted by Crippen LogP contribution is 2.17. The molecular weight excluding hydrogens is 200 g/mol. The number of benzene rings is 1. The molecule has 0 aliphatic carbocycles. The highest BCUT2D eigenvalue weighted by Gasteiger charge is 2.28. The first-order valence-electron chi connectivity index (χ1n) is 4.32. The van der Waals surface area contributed by atoms with E-state index in [4.69, 9.17) is 0 Å². The fraction of sp³-hybridized carbons (Fsp3) is 0.333. The summed E-state index contributed by atoms with van der Waals surface area (Å²) in [6, 6.07) is 5.23. The Morgan fingerprint density at radius 2 is 1.73 bits per heavy atom. The van der Waals surface area contributed by atoms with Crippen LogP contribution in [0, 0.1) is 27.2 Å². The maximum Gasteiger partial charge on any atom is 0.301 e. The second-order valence-corrected chi connectivity index (χ2v) is 3.23. The highest BCUT2D eigenvalue weighted by molar-refractivity contribution is 5.23. The number of hydrogen-bond acceptors (Lipinski definition) is 4. The third-order valence-corrected chi connectivity index (χ3v) is 2.04. The van der Waals surface area contributed by atoms with Gasteiger partial charge in [-0.3, -0.25) is 20.2 Å². The van der Waals surface area contributed by atoms with Crippen LogP contribution >= 0.6 is 0 Å². The maximum atomic E-state index is 10.6. The van der Waals surface area contributed by atoms with Gasteiger partial charge in [0.05, 0.1) is 0 Å². The van der Waals surface area contributed by atoms with Crippen LogP contribution in [0.25, 0.3) is 0 Å². The van der Waals surface area contributed by atoms with E-state index in [1.165, 1.54) is 0 Å². The Balaban J connectivity index is 2.94. The van der Waals surface area contributed by atoms with Gasteiger partial charge in [-0.1, -0.05) is 29.8 Å². The second kappa shape index (κ2) is 4.50. The van der Waals surface area contributed by atoms with Crippen molar-refractivity contribution >= 4 is 0 Å². The molecule has 0 bridgehead atoms. The minimum absolute atomic E-state index is 0.363. The third-order valence-electron chi connectivity index (χ3n) is 2.04. The lowest BCUT2D eigenvalue weighted by Crippen LogP contribution is -2.20. The van der Waals surface area contributed by atoms with E-state index in [0.29, 0.717) is 5.56 Å². The maximum absolute atomic E-state index is 10.6. The quantitative estimate of drug-likeness (QED) is 0.557. The average Bonchev–Trinajstić information content (AvgIpc) is 2.15. The number of nitro groups is 2. The average molecular weight is 210 g/mol. The fourth-order valence-electron chi connectivity index (χ4n) is 1.22. The molecule has 6 nitrogen and oxygen atoms in total. The van der Waals surface area contributed by atoms with Crippen LogP contribution in [-0.4, -0.2) is 16.4 Å². The minimum atomic E-state index is -1.26. The summed E-state index contributed by atoms with van der Waals surface area (Å²) in [5, 5.41) is 20.9. The van der Waals surface area contributed by atoms with Crippen molar-refractivity contribution in [1.82, 2.24) is 0 Å². The molecule has 0 aliphatic heterocycles. The lowest BCUT2D eigenvalue weighted by molar-refractivity contribution is -0.593. The number of hydrogen-bond donors (Lipinski definition) is 0. The monoisotopic (exact) mass is 210 g/mol. The summed E-state index contributed by atoms with van der Waals surface area (Å²) in [6.45, 7) is 1.16. The summed E-state index contributed by atoms with van der Waals surface area (Å²) >= 11 is 0. The summed E-state index contributed by atoms with van der Waals surface area (Å²) in [5.74, 6) is 0. The summed E-state index contributed by atoms with van der Waals surface area (Å²) in [7, 11) is 0. The molecule has 1 aromatic carbocycles. The number of aryl methyl sites for hydroxylation is 1. The van der Waals surface area contributed by atoms with Gasteiger partial charge in [0.15, 0.2) is 0 Å². The van der Waals surface area contributed by atoms with Crippen LogP contribution in [0.2, 0.25) is 0 Å². The van der Waals surface area contributed by atoms with Crippen LogP contribution in [0.4, 0.5) is 0 Å². The molecule has 1 rings (SSSR count). The molecule has 0 saturated carbocycles. The fourth-order valence-corrected chi connectivity index (χ4v) is 1.22. The zero-order valence-corrected chi connectivity index (χ0v) is 8.12.